The maximum absolute atomic E-state index is 11.9. The van der Waals surface area contributed by atoms with Gasteiger partial charge in [-0.3, -0.25) is 4.79 Å². The lowest BCUT2D eigenvalue weighted by Crippen LogP contribution is -2.28. The summed E-state index contributed by atoms with van der Waals surface area (Å²) in [5.74, 6) is 0.171. The molecule has 2 heterocycles. The second-order valence-corrected chi connectivity index (χ2v) is 7.74. The van der Waals surface area contributed by atoms with E-state index in [4.69, 9.17) is 21.1 Å². The fourth-order valence-corrected chi connectivity index (χ4v) is 4.10. The molecule has 9 heteroatoms. The number of hydrogen-bond donors (Lipinski definition) is 1. The standard InChI is InChI=1S/C14H10ClNO5S2/c15-10-6-9(7-11-14(10)21-8-20-11)3-4-12(17)16-23(18,19)13-2-1-5-22-13/h1-7H,8H2,(H,16,17)/b4-3+. The number of hydrogen-bond acceptors (Lipinski definition) is 6. The van der Waals surface area contributed by atoms with Gasteiger partial charge >= 0.3 is 0 Å². The number of sulfonamides is 1. The van der Waals surface area contributed by atoms with Crippen LogP contribution in [0.5, 0.6) is 11.5 Å². The molecule has 3 rings (SSSR count). The molecule has 120 valence electrons. The minimum atomic E-state index is -3.84. The second-order valence-electron chi connectivity index (χ2n) is 4.47. The Morgan fingerprint density at radius 2 is 2.17 bits per heavy atom. The molecular formula is C14H10ClNO5S2. The van der Waals surface area contributed by atoms with E-state index in [1.807, 2.05) is 4.72 Å². The van der Waals surface area contributed by atoms with Gasteiger partial charge in [-0.25, -0.2) is 13.1 Å². The normalized spacial score (nSPS) is 13.4. The van der Waals surface area contributed by atoms with E-state index in [0.717, 1.165) is 17.4 Å². The molecular weight excluding hydrogens is 362 g/mol. The van der Waals surface area contributed by atoms with Crippen LogP contribution in [0.2, 0.25) is 5.02 Å². The summed E-state index contributed by atoms with van der Waals surface area (Å²) < 4.78 is 36.3. The van der Waals surface area contributed by atoms with Crippen molar-refractivity contribution in [2.45, 2.75) is 4.21 Å². The number of nitrogens with one attached hydrogen (secondary N) is 1. The van der Waals surface area contributed by atoms with Crippen LogP contribution in [-0.4, -0.2) is 21.1 Å². The zero-order chi connectivity index (χ0) is 16.4. The molecule has 1 aromatic carbocycles. The third kappa shape index (κ3) is 3.49. The van der Waals surface area contributed by atoms with Crippen molar-refractivity contribution in [3.63, 3.8) is 0 Å². The molecule has 1 aliphatic heterocycles. The first kappa shape index (κ1) is 15.9. The summed E-state index contributed by atoms with van der Waals surface area (Å²) >= 11 is 7.06. The molecule has 0 radical (unpaired) electrons. The molecule has 2 aromatic rings. The maximum atomic E-state index is 11.9. The van der Waals surface area contributed by atoms with Gasteiger partial charge in [0.25, 0.3) is 15.9 Å². The third-order valence-electron chi connectivity index (χ3n) is 2.87. The van der Waals surface area contributed by atoms with E-state index in [1.54, 1.807) is 23.6 Å². The fraction of sp³-hybridized carbons (Fsp3) is 0.0714. The highest BCUT2D eigenvalue weighted by Gasteiger charge is 2.19. The smallest absolute Gasteiger partial charge is 0.273 e. The first-order valence-electron chi connectivity index (χ1n) is 6.33. The number of benzene rings is 1. The quantitative estimate of drug-likeness (QED) is 0.835. The molecule has 0 spiro atoms. The number of halogens is 1. The number of thiophene rings is 1. The Morgan fingerprint density at radius 3 is 2.91 bits per heavy atom. The summed E-state index contributed by atoms with van der Waals surface area (Å²) in [6, 6.07) is 6.24. The molecule has 0 fully saturated rings. The Balaban J connectivity index is 1.73. The van der Waals surface area contributed by atoms with Crippen molar-refractivity contribution in [3.05, 3.63) is 46.3 Å². The van der Waals surface area contributed by atoms with Crippen molar-refractivity contribution < 1.29 is 22.7 Å². The zero-order valence-corrected chi connectivity index (χ0v) is 13.9. The van der Waals surface area contributed by atoms with Gasteiger partial charge in [0.2, 0.25) is 6.79 Å². The van der Waals surface area contributed by atoms with Crippen LogP contribution in [0.15, 0.2) is 39.9 Å². The highest BCUT2D eigenvalue weighted by atomic mass is 35.5. The monoisotopic (exact) mass is 371 g/mol. The van der Waals surface area contributed by atoms with Crippen molar-refractivity contribution in [2.24, 2.45) is 0 Å². The van der Waals surface area contributed by atoms with Gasteiger partial charge < -0.3 is 9.47 Å². The minimum Gasteiger partial charge on any atom is -0.454 e. The summed E-state index contributed by atoms with van der Waals surface area (Å²) in [5.41, 5.74) is 0.586. The summed E-state index contributed by atoms with van der Waals surface area (Å²) in [5, 5.41) is 1.97. The Kier molecular flexibility index (Phi) is 4.29. The van der Waals surface area contributed by atoms with Gasteiger partial charge in [0.1, 0.15) is 4.21 Å². The van der Waals surface area contributed by atoms with E-state index in [2.05, 4.69) is 0 Å². The molecule has 1 aliphatic rings. The van der Waals surface area contributed by atoms with Crippen LogP contribution in [0.25, 0.3) is 6.08 Å². The molecule has 0 saturated heterocycles. The number of carbonyl (C=O) groups is 1. The fourth-order valence-electron chi connectivity index (χ4n) is 1.89. The highest BCUT2D eigenvalue weighted by molar-refractivity contribution is 7.92. The molecule has 6 nitrogen and oxygen atoms in total. The molecule has 1 amide bonds. The topological polar surface area (TPSA) is 81.7 Å². The van der Waals surface area contributed by atoms with Crippen molar-refractivity contribution >= 4 is 44.9 Å². The van der Waals surface area contributed by atoms with Crippen LogP contribution >= 0.6 is 22.9 Å². The van der Waals surface area contributed by atoms with Gasteiger partial charge in [-0.2, -0.15) is 0 Å². The van der Waals surface area contributed by atoms with Crippen LogP contribution in [0.1, 0.15) is 5.56 Å². The Labute approximate surface area is 141 Å². The van der Waals surface area contributed by atoms with Crippen LogP contribution < -0.4 is 14.2 Å². The molecule has 23 heavy (non-hydrogen) atoms. The van der Waals surface area contributed by atoms with Gasteiger partial charge in [-0.15, -0.1) is 11.3 Å². The van der Waals surface area contributed by atoms with Gasteiger partial charge in [0.05, 0.1) is 5.02 Å². The number of fused-ring (bicyclic) bond motifs is 1. The van der Waals surface area contributed by atoms with Gasteiger partial charge in [0.15, 0.2) is 11.5 Å². The molecule has 1 aromatic heterocycles. The van der Waals surface area contributed by atoms with Gasteiger partial charge in [0, 0.05) is 6.08 Å². The van der Waals surface area contributed by atoms with E-state index in [-0.39, 0.29) is 11.0 Å². The summed E-state index contributed by atoms with van der Waals surface area (Å²) in [4.78, 5) is 11.8. The number of carbonyl (C=O) groups excluding carboxylic acids is 1. The highest BCUT2D eigenvalue weighted by Crippen LogP contribution is 2.40. The lowest BCUT2D eigenvalue weighted by molar-refractivity contribution is -0.114. The average molecular weight is 372 g/mol. The largest absolute Gasteiger partial charge is 0.454 e. The van der Waals surface area contributed by atoms with Crippen LogP contribution in [0, 0.1) is 0 Å². The molecule has 1 N–H and O–H groups in total. The van der Waals surface area contributed by atoms with E-state index in [0.29, 0.717) is 22.1 Å². The molecule has 0 aliphatic carbocycles. The van der Waals surface area contributed by atoms with E-state index >= 15 is 0 Å². The molecule has 0 saturated carbocycles. The Morgan fingerprint density at radius 1 is 1.35 bits per heavy atom. The zero-order valence-electron chi connectivity index (χ0n) is 11.5. The van der Waals surface area contributed by atoms with E-state index < -0.39 is 15.9 Å². The van der Waals surface area contributed by atoms with E-state index in [9.17, 15) is 13.2 Å². The first-order chi connectivity index (χ1) is 11.0. The summed E-state index contributed by atoms with van der Waals surface area (Å²) in [6.45, 7) is 0.0851. The minimum absolute atomic E-state index is 0.0744. The predicted molar refractivity (Wildman–Crippen MR) is 86.3 cm³/mol. The van der Waals surface area contributed by atoms with Crippen molar-refractivity contribution in [3.8, 4) is 11.5 Å². The summed E-state index contributed by atoms with van der Waals surface area (Å²) in [7, 11) is -3.84. The first-order valence-corrected chi connectivity index (χ1v) is 9.07. The van der Waals surface area contributed by atoms with Gasteiger partial charge in [-0.1, -0.05) is 17.7 Å². The third-order valence-corrected chi connectivity index (χ3v) is 5.90. The molecule has 0 bridgehead atoms. The SMILES string of the molecule is O=C(/C=C/c1cc(Cl)c2c(c1)OCO2)NS(=O)(=O)c1cccs1. The van der Waals surface area contributed by atoms with Crippen LogP contribution in [0.3, 0.4) is 0 Å². The lowest BCUT2D eigenvalue weighted by Gasteiger charge is -2.02. The summed E-state index contributed by atoms with van der Waals surface area (Å²) in [6.07, 6.45) is 2.55. The van der Waals surface area contributed by atoms with Crippen molar-refractivity contribution in [1.82, 2.24) is 4.72 Å². The maximum Gasteiger partial charge on any atom is 0.273 e. The Bertz CT molecular complexity index is 875. The lowest BCUT2D eigenvalue weighted by atomic mass is 10.2. The average Bonchev–Trinajstić information content (AvgIpc) is 3.16. The Hall–Kier alpha value is -2.03. The van der Waals surface area contributed by atoms with Crippen molar-refractivity contribution in [1.29, 1.82) is 0 Å². The predicted octanol–water partition coefficient (Wildman–Crippen LogP) is 2.65. The second kappa shape index (κ2) is 6.23. The molecule has 0 atom stereocenters. The number of amides is 1. The number of ether oxygens (including phenoxy) is 2. The molecule has 0 unspecified atom stereocenters. The van der Waals surface area contributed by atoms with Crippen LogP contribution in [0.4, 0.5) is 0 Å². The van der Waals surface area contributed by atoms with Crippen LogP contribution in [-0.2, 0) is 14.8 Å². The van der Waals surface area contributed by atoms with E-state index in [1.165, 1.54) is 12.1 Å². The van der Waals surface area contributed by atoms with Gasteiger partial charge in [-0.05, 0) is 35.2 Å². The number of rotatable bonds is 4. The van der Waals surface area contributed by atoms with Crippen molar-refractivity contribution in [2.75, 3.05) is 6.79 Å².